The molecule has 1 amide bonds. The second-order valence-corrected chi connectivity index (χ2v) is 7.29. The second kappa shape index (κ2) is 9.88. The van der Waals surface area contributed by atoms with E-state index in [1.807, 2.05) is 35.1 Å². The van der Waals surface area contributed by atoms with Crippen LogP contribution in [0.3, 0.4) is 0 Å². The molecule has 0 saturated heterocycles. The first-order valence-electron chi connectivity index (χ1n) is 10.6. The minimum Gasteiger partial charge on any atom is -0.478 e. The van der Waals surface area contributed by atoms with E-state index in [1.165, 1.54) is 0 Å². The lowest BCUT2D eigenvalue weighted by Crippen LogP contribution is -2.13. The van der Waals surface area contributed by atoms with Gasteiger partial charge >= 0.3 is 0 Å². The Morgan fingerprint density at radius 2 is 2.13 bits per heavy atom. The number of carbonyl (C=O) groups excluding carboxylic acids is 1. The number of aryl methyl sites for hydroxylation is 2. The minimum atomic E-state index is -0.258. The molecule has 4 aromatic heterocycles. The molecule has 8 nitrogen and oxygen atoms in total. The van der Waals surface area contributed by atoms with Gasteiger partial charge in [-0.2, -0.15) is 5.10 Å². The molecule has 8 heteroatoms. The molecule has 31 heavy (non-hydrogen) atoms. The van der Waals surface area contributed by atoms with Crippen LogP contribution in [0.1, 0.15) is 42.2 Å². The molecular weight excluding hydrogens is 392 g/mol. The number of anilines is 1. The summed E-state index contributed by atoms with van der Waals surface area (Å²) in [5.41, 5.74) is 2.85. The molecule has 0 spiro atoms. The number of nitrogens with zero attached hydrogens (tertiary/aromatic N) is 4. The third kappa shape index (κ3) is 5.28. The van der Waals surface area contributed by atoms with Crippen molar-refractivity contribution < 1.29 is 9.53 Å². The highest BCUT2D eigenvalue weighted by Crippen LogP contribution is 2.21. The largest absolute Gasteiger partial charge is 0.478 e. The number of rotatable bonds is 10. The van der Waals surface area contributed by atoms with E-state index >= 15 is 0 Å². The van der Waals surface area contributed by atoms with Crippen LogP contribution in [0, 0.1) is 0 Å². The molecule has 0 aromatic carbocycles. The van der Waals surface area contributed by atoms with Gasteiger partial charge in [0.2, 0.25) is 5.88 Å². The molecule has 0 bridgehead atoms. The fraction of sp³-hybridized carbons (Fsp3) is 0.304. The van der Waals surface area contributed by atoms with Gasteiger partial charge in [0.15, 0.2) is 5.82 Å². The summed E-state index contributed by atoms with van der Waals surface area (Å²) < 4.78 is 7.64. The molecule has 0 unspecified atom stereocenters. The molecule has 4 rings (SSSR count). The number of pyridine rings is 2. The average molecular weight is 419 g/mol. The van der Waals surface area contributed by atoms with Crippen LogP contribution in [0.4, 0.5) is 5.82 Å². The Hall–Kier alpha value is -3.68. The first-order chi connectivity index (χ1) is 15.2. The Morgan fingerprint density at radius 1 is 1.19 bits per heavy atom. The van der Waals surface area contributed by atoms with Gasteiger partial charge in [-0.3, -0.25) is 14.5 Å². The molecule has 0 radical (unpaired) electrons. The quantitative estimate of drug-likeness (QED) is 0.376. The Bertz CT molecular complexity index is 1140. The number of unbranched alkanes of at least 4 members (excludes halogenated alkanes) is 1. The van der Waals surface area contributed by atoms with Crippen molar-refractivity contribution in [3.63, 3.8) is 0 Å². The summed E-state index contributed by atoms with van der Waals surface area (Å²) in [6.45, 7) is 3.49. The number of carbonyl (C=O) groups is 1. The summed E-state index contributed by atoms with van der Waals surface area (Å²) in [7, 11) is 0. The molecule has 160 valence electrons. The lowest BCUT2D eigenvalue weighted by Gasteiger charge is -2.06. The van der Waals surface area contributed by atoms with Gasteiger partial charge in [0.1, 0.15) is 5.52 Å². The van der Waals surface area contributed by atoms with Crippen molar-refractivity contribution in [1.82, 2.24) is 24.7 Å². The number of H-pyrrole nitrogens is 1. The Morgan fingerprint density at radius 3 is 2.97 bits per heavy atom. The zero-order chi connectivity index (χ0) is 21.5. The SMILES string of the molecule is CCCCn1ccc(NC(=O)c2c[nH]c3ccc(OCCCc4ccccn4)nc23)n1. The van der Waals surface area contributed by atoms with Gasteiger partial charge in [-0.15, -0.1) is 0 Å². The Kier molecular flexibility index (Phi) is 6.56. The van der Waals surface area contributed by atoms with Gasteiger partial charge in [-0.25, -0.2) is 4.98 Å². The van der Waals surface area contributed by atoms with E-state index in [-0.39, 0.29) is 5.91 Å². The third-order valence-electron chi connectivity index (χ3n) is 4.92. The summed E-state index contributed by atoms with van der Waals surface area (Å²) in [6, 6.07) is 11.4. The van der Waals surface area contributed by atoms with Gasteiger partial charge in [-0.1, -0.05) is 19.4 Å². The summed E-state index contributed by atoms with van der Waals surface area (Å²) in [4.78, 5) is 24.7. The third-order valence-corrected chi connectivity index (χ3v) is 4.92. The summed E-state index contributed by atoms with van der Waals surface area (Å²) in [5.74, 6) is 0.759. The molecule has 4 aromatic rings. The fourth-order valence-corrected chi connectivity index (χ4v) is 3.27. The average Bonchev–Trinajstić information content (AvgIpc) is 3.42. The molecule has 0 aliphatic carbocycles. The van der Waals surface area contributed by atoms with Gasteiger partial charge in [0, 0.05) is 43.0 Å². The minimum absolute atomic E-state index is 0.258. The molecule has 0 saturated carbocycles. The van der Waals surface area contributed by atoms with Gasteiger partial charge in [-0.05, 0) is 37.5 Å². The maximum atomic E-state index is 12.8. The van der Waals surface area contributed by atoms with Gasteiger partial charge < -0.3 is 15.0 Å². The smallest absolute Gasteiger partial charge is 0.260 e. The number of fused-ring (bicyclic) bond motifs is 1. The van der Waals surface area contributed by atoms with Crippen LogP contribution in [0.2, 0.25) is 0 Å². The first-order valence-corrected chi connectivity index (χ1v) is 10.6. The van der Waals surface area contributed by atoms with E-state index < -0.39 is 0 Å². The number of hydrogen-bond donors (Lipinski definition) is 2. The van der Waals surface area contributed by atoms with E-state index in [4.69, 9.17) is 4.74 Å². The molecular formula is C23H26N6O2. The number of aromatic amines is 1. The predicted molar refractivity (Wildman–Crippen MR) is 119 cm³/mol. The fourth-order valence-electron chi connectivity index (χ4n) is 3.27. The van der Waals surface area contributed by atoms with Crippen molar-refractivity contribution in [3.05, 3.63) is 66.2 Å². The van der Waals surface area contributed by atoms with Crippen LogP contribution in [0.25, 0.3) is 11.0 Å². The van der Waals surface area contributed by atoms with Crippen molar-refractivity contribution in [1.29, 1.82) is 0 Å². The monoisotopic (exact) mass is 418 g/mol. The van der Waals surface area contributed by atoms with E-state index in [0.717, 1.165) is 43.4 Å². The van der Waals surface area contributed by atoms with Crippen molar-refractivity contribution >= 4 is 22.8 Å². The van der Waals surface area contributed by atoms with Gasteiger partial charge in [0.25, 0.3) is 5.91 Å². The number of ether oxygens (including phenoxy) is 1. The van der Waals surface area contributed by atoms with Crippen LogP contribution in [-0.2, 0) is 13.0 Å². The Balaban J connectivity index is 1.38. The van der Waals surface area contributed by atoms with Gasteiger partial charge in [0.05, 0.1) is 17.7 Å². The number of amides is 1. The van der Waals surface area contributed by atoms with Crippen molar-refractivity contribution in [2.75, 3.05) is 11.9 Å². The molecule has 0 fully saturated rings. The normalized spacial score (nSPS) is 11.0. The van der Waals surface area contributed by atoms with E-state index in [9.17, 15) is 4.79 Å². The van der Waals surface area contributed by atoms with Crippen LogP contribution in [0.5, 0.6) is 5.88 Å². The van der Waals surface area contributed by atoms with Crippen LogP contribution >= 0.6 is 0 Å². The second-order valence-electron chi connectivity index (χ2n) is 7.29. The van der Waals surface area contributed by atoms with E-state index in [1.54, 1.807) is 24.5 Å². The summed E-state index contributed by atoms with van der Waals surface area (Å²) in [6.07, 6.45) is 9.13. The summed E-state index contributed by atoms with van der Waals surface area (Å²) >= 11 is 0. The van der Waals surface area contributed by atoms with Crippen molar-refractivity contribution in [3.8, 4) is 5.88 Å². The molecule has 0 atom stereocenters. The number of hydrogen-bond acceptors (Lipinski definition) is 5. The number of nitrogens with one attached hydrogen (secondary N) is 2. The zero-order valence-electron chi connectivity index (χ0n) is 17.5. The molecule has 2 N–H and O–H groups in total. The Labute approximate surface area is 180 Å². The topological polar surface area (TPSA) is 97.7 Å². The maximum absolute atomic E-state index is 12.8. The predicted octanol–water partition coefficient (Wildman–Crippen LogP) is 4.22. The lowest BCUT2D eigenvalue weighted by atomic mass is 10.2. The highest BCUT2D eigenvalue weighted by atomic mass is 16.5. The van der Waals surface area contributed by atoms with Crippen molar-refractivity contribution in [2.24, 2.45) is 0 Å². The standard InChI is InChI=1S/C23H26N6O2/c1-2-3-13-29-14-11-20(28-29)26-23(30)18-16-25-19-9-10-21(27-22(18)19)31-15-6-8-17-7-4-5-12-24-17/h4-5,7,9-12,14,16,25H,2-3,6,8,13,15H2,1H3,(H,26,28,30). The van der Waals surface area contributed by atoms with E-state index in [0.29, 0.717) is 29.4 Å². The van der Waals surface area contributed by atoms with Crippen LogP contribution < -0.4 is 10.1 Å². The maximum Gasteiger partial charge on any atom is 0.260 e. The molecule has 4 heterocycles. The first kappa shape index (κ1) is 20.6. The molecule has 0 aliphatic rings. The highest BCUT2D eigenvalue weighted by molar-refractivity contribution is 6.11. The van der Waals surface area contributed by atoms with Crippen molar-refractivity contribution in [2.45, 2.75) is 39.2 Å². The number of aromatic nitrogens is 5. The summed E-state index contributed by atoms with van der Waals surface area (Å²) in [5, 5.41) is 7.24. The van der Waals surface area contributed by atoms with Crippen LogP contribution in [-0.4, -0.2) is 37.2 Å². The van der Waals surface area contributed by atoms with E-state index in [2.05, 4.69) is 32.3 Å². The zero-order valence-corrected chi connectivity index (χ0v) is 17.5. The highest BCUT2D eigenvalue weighted by Gasteiger charge is 2.15. The van der Waals surface area contributed by atoms with Crippen LogP contribution in [0.15, 0.2) is 55.0 Å². The lowest BCUT2D eigenvalue weighted by molar-refractivity contribution is 0.102. The molecule has 0 aliphatic heterocycles.